The monoisotopic (exact) mass is 281 g/mol. The van der Waals surface area contributed by atoms with Gasteiger partial charge in [0.05, 0.1) is 5.56 Å². The highest BCUT2D eigenvalue weighted by Crippen LogP contribution is 2.35. The van der Waals surface area contributed by atoms with Gasteiger partial charge in [-0.3, -0.25) is 4.40 Å². The number of rotatable bonds is 1. The Kier molecular flexibility index (Phi) is 2.69. The molecule has 0 saturated heterocycles. The fourth-order valence-electron chi connectivity index (χ4n) is 1.77. The summed E-state index contributed by atoms with van der Waals surface area (Å²) in [7, 11) is 0. The van der Waals surface area contributed by atoms with Crippen LogP contribution in [0.3, 0.4) is 0 Å². The molecule has 90 valence electrons. The third-order valence-corrected chi connectivity index (χ3v) is 3.23. The van der Waals surface area contributed by atoms with Gasteiger partial charge in [-0.15, -0.1) is 0 Å². The third kappa shape index (κ3) is 1.65. The smallest absolute Gasteiger partial charge is 0.236 e. The standard InChI is InChI=1S/C12H6Cl2FN3/c13-10-9(7-3-1-2-4-8(7)15)11(14)18-6-5-16-12(18)17-10/h1-6H. The summed E-state index contributed by atoms with van der Waals surface area (Å²) in [5, 5.41) is 0.413. The number of halogens is 3. The summed E-state index contributed by atoms with van der Waals surface area (Å²) >= 11 is 12.3. The number of aromatic nitrogens is 3. The highest BCUT2D eigenvalue weighted by molar-refractivity contribution is 6.38. The molecular weight excluding hydrogens is 276 g/mol. The van der Waals surface area contributed by atoms with E-state index in [2.05, 4.69) is 9.97 Å². The van der Waals surface area contributed by atoms with Crippen molar-refractivity contribution in [1.29, 1.82) is 0 Å². The minimum Gasteiger partial charge on any atom is -0.273 e. The molecule has 0 aliphatic rings. The van der Waals surface area contributed by atoms with Crippen LogP contribution in [0.4, 0.5) is 4.39 Å². The van der Waals surface area contributed by atoms with Gasteiger partial charge in [-0.2, -0.15) is 4.98 Å². The number of nitrogens with zero attached hydrogens (tertiary/aromatic N) is 3. The van der Waals surface area contributed by atoms with Crippen LogP contribution in [0.2, 0.25) is 10.3 Å². The highest BCUT2D eigenvalue weighted by Gasteiger charge is 2.17. The summed E-state index contributed by atoms with van der Waals surface area (Å²) in [6.45, 7) is 0. The van der Waals surface area contributed by atoms with Gasteiger partial charge in [0.1, 0.15) is 16.1 Å². The lowest BCUT2D eigenvalue weighted by atomic mass is 10.1. The first-order chi connectivity index (χ1) is 8.68. The van der Waals surface area contributed by atoms with Crippen molar-refractivity contribution >= 4 is 29.0 Å². The van der Waals surface area contributed by atoms with Crippen LogP contribution in [0.15, 0.2) is 36.7 Å². The van der Waals surface area contributed by atoms with E-state index >= 15 is 0 Å². The van der Waals surface area contributed by atoms with Crippen molar-refractivity contribution in [3.63, 3.8) is 0 Å². The molecule has 18 heavy (non-hydrogen) atoms. The first kappa shape index (κ1) is 11.4. The predicted molar refractivity (Wildman–Crippen MR) is 68.4 cm³/mol. The maximum Gasteiger partial charge on any atom is 0.236 e. The molecule has 0 bridgehead atoms. The van der Waals surface area contributed by atoms with Gasteiger partial charge in [-0.1, -0.05) is 41.4 Å². The van der Waals surface area contributed by atoms with Crippen LogP contribution in [0.5, 0.6) is 0 Å². The Labute approximate surface area is 112 Å². The molecule has 0 amide bonds. The zero-order chi connectivity index (χ0) is 12.7. The first-order valence-corrected chi connectivity index (χ1v) is 5.87. The van der Waals surface area contributed by atoms with Crippen molar-refractivity contribution < 1.29 is 4.39 Å². The minimum absolute atomic E-state index is 0.129. The molecule has 6 heteroatoms. The molecule has 0 atom stereocenters. The summed E-state index contributed by atoms with van der Waals surface area (Å²) in [5.41, 5.74) is 0.678. The van der Waals surface area contributed by atoms with Crippen molar-refractivity contribution in [3.05, 3.63) is 52.8 Å². The summed E-state index contributed by atoms with van der Waals surface area (Å²) < 4.78 is 15.3. The molecule has 3 rings (SSSR count). The van der Waals surface area contributed by atoms with Crippen molar-refractivity contribution in [2.75, 3.05) is 0 Å². The van der Waals surface area contributed by atoms with Gasteiger partial charge in [-0.05, 0) is 6.07 Å². The van der Waals surface area contributed by atoms with Gasteiger partial charge in [0.15, 0.2) is 0 Å². The van der Waals surface area contributed by atoms with Gasteiger partial charge in [0, 0.05) is 18.0 Å². The van der Waals surface area contributed by atoms with Crippen LogP contribution >= 0.6 is 23.2 Å². The van der Waals surface area contributed by atoms with Crippen molar-refractivity contribution in [3.8, 4) is 11.1 Å². The number of hydrogen-bond acceptors (Lipinski definition) is 2. The van der Waals surface area contributed by atoms with E-state index in [4.69, 9.17) is 23.2 Å². The van der Waals surface area contributed by atoms with Crippen molar-refractivity contribution in [2.45, 2.75) is 0 Å². The van der Waals surface area contributed by atoms with Crippen LogP contribution in [0.1, 0.15) is 0 Å². The molecular formula is C12H6Cl2FN3. The van der Waals surface area contributed by atoms with E-state index in [0.717, 1.165) is 0 Å². The normalized spacial score (nSPS) is 11.1. The molecule has 0 radical (unpaired) electrons. The predicted octanol–water partition coefficient (Wildman–Crippen LogP) is 3.84. The average molecular weight is 282 g/mol. The molecule has 0 fully saturated rings. The Morgan fingerprint density at radius 1 is 1.17 bits per heavy atom. The maximum absolute atomic E-state index is 13.8. The molecule has 3 aromatic rings. The third-order valence-electron chi connectivity index (χ3n) is 2.59. The molecule has 0 aliphatic carbocycles. The Hall–Kier alpha value is -1.65. The van der Waals surface area contributed by atoms with Gasteiger partial charge in [0.25, 0.3) is 0 Å². The molecule has 0 saturated carbocycles. The number of hydrogen-bond donors (Lipinski definition) is 0. The van der Waals surface area contributed by atoms with E-state index in [1.165, 1.54) is 6.07 Å². The molecule has 0 aliphatic heterocycles. The quantitative estimate of drug-likeness (QED) is 0.635. The molecule has 0 unspecified atom stereocenters. The number of benzene rings is 1. The fourth-order valence-corrected chi connectivity index (χ4v) is 2.41. The van der Waals surface area contributed by atoms with Gasteiger partial charge < -0.3 is 0 Å². The van der Waals surface area contributed by atoms with E-state index in [1.807, 2.05) is 0 Å². The SMILES string of the molecule is Fc1ccccc1-c1c(Cl)nc2nccn2c1Cl. The van der Waals surface area contributed by atoms with E-state index in [9.17, 15) is 4.39 Å². The Morgan fingerprint density at radius 3 is 2.72 bits per heavy atom. The average Bonchev–Trinajstić information content (AvgIpc) is 2.79. The summed E-state index contributed by atoms with van der Waals surface area (Å²) in [4.78, 5) is 8.07. The molecule has 2 aromatic heterocycles. The zero-order valence-electron chi connectivity index (χ0n) is 8.94. The minimum atomic E-state index is -0.400. The van der Waals surface area contributed by atoms with E-state index in [-0.39, 0.29) is 10.3 Å². The lowest BCUT2D eigenvalue weighted by Crippen LogP contribution is -1.96. The van der Waals surface area contributed by atoms with Gasteiger partial charge in [0.2, 0.25) is 5.78 Å². The van der Waals surface area contributed by atoms with Crippen LogP contribution in [-0.2, 0) is 0 Å². The van der Waals surface area contributed by atoms with Crippen molar-refractivity contribution in [1.82, 2.24) is 14.4 Å². The van der Waals surface area contributed by atoms with Crippen LogP contribution in [0, 0.1) is 5.82 Å². The van der Waals surface area contributed by atoms with Gasteiger partial charge >= 0.3 is 0 Å². The van der Waals surface area contributed by atoms with Crippen LogP contribution in [-0.4, -0.2) is 14.4 Å². The topological polar surface area (TPSA) is 30.2 Å². The number of imidazole rings is 1. The Morgan fingerprint density at radius 2 is 1.94 bits per heavy atom. The van der Waals surface area contributed by atoms with Crippen LogP contribution in [0.25, 0.3) is 16.9 Å². The van der Waals surface area contributed by atoms with E-state index < -0.39 is 5.82 Å². The highest BCUT2D eigenvalue weighted by atomic mass is 35.5. The maximum atomic E-state index is 13.8. The second-order valence-electron chi connectivity index (χ2n) is 3.65. The second kappa shape index (κ2) is 4.23. The molecule has 3 nitrogen and oxygen atoms in total. The molecule has 0 spiro atoms. The van der Waals surface area contributed by atoms with E-state index in [0.29, 0.717) is 16.9 Å². The fraction of sp³-hybridized carbons (Fsp3) is 0. The number of fused-ring (bicyclic) bond motifs is 1. The Balaban J connectivity index is 2.39. The zero-order valence-corrected chi connectivity index (χ0v) is 10.5. The second-order valence-corrected chi connectivity index (χ2v) is 4.36. The van der Waals surface area contributed by atoms with Gasteiger partial charge in [-0.25, -0.2) is 9.37 Å². The van der Waals surface area contributed by atoms with Crippen molar-refractivity contribution in [2.24, 2.45) is 0 Å². The lowest BCUT2D eigenvalue weighted by Gasteiger charge is -2.09. The largest absolute Gasteiger partial charge is 0.273 e. The lowest BCUT2D eigenvalue weighted by molar-refractivity contribution is 0.631. The summed E-state index contributed by atoms with van der Waals surface area (Å²) in [6, 6.07) is 6.26. The van der Waals surface area contributed by atoms with E-state index in [1.54, 1.807) is 35.0 Å². The summed E-state index contributed by atoms with van der Waals surface area (Å²) in [5.74, 6) is -0.0207. The molecule has 1 aromatic carbocycles. The van der Waals surface area contributed by atoms with Crippen LogP contribution < -0.4 is 0 Å². The Bertz CT molecular complexity index is 739. The molecule has 2 heterocycles. The molecule has 0 N–H and O–H groups in total. The summed E-state index contributed by atoms with van der Waals surface area (Å²) in [6.07, 6.45) is 3.20. The first-order valence-electron chi connectivity index (χ1n) is 5.11.